The summed E-state index contributed by atoms with van der Waals surface area (Å²) < 4.78 is 0. The van der Waals surface area contributed by atoms with Gasteiger partial charge >= 0.3 is 0 Å². The number of H-pyrrole nitrogens is 1. The van der Waals surface area contributed by atoms with Gasteiger partial charge in [-0.3, -0.25) is 4.79 Å². The lowest BCUT2D eigenvalue weighted by atomic mass is 10.3. The number of halogens is 1. The summed E-state index contributed by atoms with van der Waals surface area (Å²) in [4.78, 5) is 11.1. The quantitative estimate of drug-likeness (QED) is 0.755. The Balaban J connectivity index is 2.38. The molecule has 1 aromatic heterocycles. The molecule has 0 spiro atoms. The Morgan fingerprint density at radius 2 is 2.40 bits per heavy atom. The van der Waals surface area contributed by atoms with Crippen LogP contribution < -0.4 is 10.9 Å². The van der Waals surface area contributed by atoms with Crippen LogP contribution in [0.2, 0.25) is 5.02 Å². The van der Waals surface area contributed by atoms with E-state index in [1.54, 1.807) is 0 Å². The van der Waals surface area contributed by atoms with Crippen molar-refractivity contribution in [1.29, 1.82) is 0 Å². The highest BCUT2D eigenvalue weighted by atomic mass is 35.5. The minimum absolute atomic E-state index is 0.176. The Hall–Kier alpha value is -0.680. The molecule has 4 nitrogen and oxygen atoms in total. The van der Waals surface area contributed by atoms with Crippen molar-refractivity contribution in [2.75, 3.05) is 23.9 Å². The molecule has 0 bridgehead atoms. The fourth-order valence-electron chi connectivity index (χ4n) is 1.10. The van der Waals surface area contributed by atoms with E-state index in [9.17, 15) is 4.79 Å². The molecule has 0 aromatic carbocycles. The van der Waals surface area contributed by atoms with Crippen molar-refractivity contribution in [1.82, 2.24) is 10.2 Å². The Morgan fingerprint density at radius 3 is 3.13 bits per heavy atom. The monoisotopic (exact) mass is 247 g/mol. The van der Waals surface area contributed by atoms with Gasteiger partial charge in [-0.05, 0) is 24.9 Å². The molecule has 6 heteroatoms. The van der Waals surface area contributed by atoms with Gasteiger partial charge in [0.1, 0.15) is 5.02 Å². The van der Waals surface area contributed by atoms with Crippen LogP contribution in [0, 0.1) is 0 Å². The van der Waals surface area contributed by atoms with Crippen molar-refractivity contribution in [2.45, 2.75) is 12.8 Å². The number of unbranched alkanes of at least 4 members (excludes halogenated alkanes) is 1. The average molecular weight is 248 g/mol. The molecule has 0 fully saturated rings. The summed E-state index contributed by atoms with van der Waals surface area (Å²) in [6, 6.07) is 0. The molecular formula is C9H14ClN3OS. The fourth-order valence-corrected chi connectivity index (χ4v) is 1.75. The number of aromatic amines is 1. The smallest absolute Gasteiger partial charge is 0.285 e. The maximum Gasteiger partial charge on any atom is 0.285 e. The molecule has 1 aromatic rings. The first-order valence-electron chi connectivity index (χ1n) is 4.71. The number of aromatic nitrogens is 2. The van der Waals surface area contributed by atoms with Crippen LogP contribution in [0.15, 0.2) is 11.0 Å². The summed E-state index contributed by atoms with van der Waals surface area (Å²) in [5, 5.41) is 9.21. The fraction of sp³-hybridized carbons (Fsp3) is 0.556. The van der Waals surface area contributed by atoms with Crippen molar-refractivity contribution in [3.63, 3.8) is 0 Å². The number of nitrogens with one attached hydrogen (secondary N) is 2. The van der Waals surface area contributed by atoms with E-state index in [0.29, 0.717) is 5.69 Å². The molecule has 0 aliphatic heterocycles. The molecule has 0 aliphatic carbocycles. The Bertz CT molecular complexity index is 355. The number of thioether (sulfide) groups is 1. The summed E-state index contributed by atoms with van der Waals surface area (Å²) in [6.07, 6.45) is 5.83. The highest BCUT2D eigenvalue weighted by Gasteiger charge is 2.03. The Kier molecular flexibility index (Phi) is 5.57. The van der Waals surface area contributed by atoms with Gasteiger partial charge in [0.25, 0.3) is 5.56 Å². The third-order valence-electron chi connectivity index (χ3n) is 1.89. The first-order chi connectivity index (χ1) is 7.25. The Labute approximate surface area is 97.8 Å². The molecule has 0 radical (unpaired) electrons. The van der Waals surface area contributed by atoms with Gasteiger partial charge in [0.15, 0.2) is 0 Å². The summed E-state index contributed by atoms with van der Waals surface area (Å²) in [5.74, 6) is 1.16. The number of nitrogens with zero attached hydrogens (tertiary/aromatic N) is 1. The molecule has 0 aliphatic rings. The summed E-state index contributed by atoms with van der Waals surface area (Å²) in [6.45, 7) is 0.811. The number of hydrogen-bond donors (Lipinski definition) is 2. The topological polar surface area (TPSA) is 57.8 Å². The second-order valence-electron chi connectivity index (χ2n) is 3.05. The van der Waals surface area contributed by atoms with Gasteiger partial charge in [-0.15, -0.1) is 0 Å². The minimum Gasteiger partial charge on any atom is -0.382 e. The molecule has 1 heterocycles. The predicted octanol–water partition coefficient (Wildman–Crippen LogP) is 1.98. The SMILES string of the molecule is CSCCCCNc1cn[nH]c(=O)c1Cl. The van der Waals surface area contributed by atoms with Crippen LogP contribution in [0.1, 0.15) is 12.8 Å². The summed E-state index contributed by atoms with van der Waals surface area (Å²) >= 11 is 7.62. The van der Waals surface area contributed by atoms with Gasteiger partial charge in [0, 0.05) is 6.54 Å². The predicted molar refractivity (Wildman–Crippen MR) is 66.0 cm³/mol. The largest absolute Gasteiger partial charge is 0.382 e. The zero-order chi connectivity index (χ0) is 11.1. The first kappa shape index (κ1) is 12.4. The van der Waals surface area contributed by atoms with Crippen LogP contribution >= 0.6 is 23.4 Å². The number of hydrogen-bond acceptors (Lipinski definition) is 4. The van der Waals surface area contributed by atoms with Gasteiger partial charge in [0.2, 0.25) is 0 Å². The van der Waals surface area contributed by atoms with Crippen LogP contribution in [0.3, 0.4) is 0 Å². The minimum atomic E-state index is -0.356. The maximum atomic E-state index is 11.1. The van der Waals surface area contributed by atoms with E-state index in [4.69, 9.17) is 11.6 Å². The zero-order valence-electron chi connectivity index (χ0n) is 8.55. The van der Waals surface area contributed by atoms with E-state index in [1.807, 2.05) is 11.8 Å². The molecule has 0 atom stereocenters. The van der Waals surface area contributed by atoms with Crippen LogP contribution in [-0.4, -0.2) is 28.8 Å². The van der Waals surface area contributed by atoms with Gasteiger partial charge in [-0.2, -0.15) is 16.9 Å². The number of rotatable bonds is 6. The van der Waals surface area contributed by atoms with E-state index in [2.05, 4.69) is 21.8 Å². The van der Waals surface area contributed by atoms with Crippen molar-refractivity contribution in [3.8, 4) is 0 Å². The lowest BCUT2D eigenvalue weighted by molar-refractivity contribution is 0.840. The van der Waals surface area contributed by atoms with Gasteiger partial charge in [-0.1, -0.05) is 11.6 Å². The molecule has 0 saturated carbocycles. The highest BCUT2D eigenvalue weighted by molar-refractivity contribution is 7.98. The van der Waals surface area contributed by atoms with Gasteiger partial charge in [0.05, 0.1) is 11.9 Å². The van der Waals surface area contributed by atoms with E-state index in [0.717, 1.165) is 25.1 Å². The molecule has 1 rings (SSSR count). The highest BCUT2D eigenvalue weighted by Crippen LogP contribution is 2.14. The molecule has 2 N–H and O–H groups in total. The lowest BCUT2D eigenvalue weighted by Gasteiger charge is -2.05. The van der Waals surface area contributed by atoms with E-state index >= 15 is 0 Å². The first-order valence-corrected chi connectivity index (χ1v) is 6.49. The Morgan fingerprint density at radius 1 is 1.60 bits per heavy atom. The summed E-state index contributed by atoms with van der Waals surface area (Å²) in [5.41, 5.74) is 0.246. The molecule has 0 amide bonds. The van der Waals surface area contributed by atoms with E-state index in [1.165, 1.54) is 6.20 Å². The zero-order valence-corrected chi connectivity index (χ0v) is 10.1. The number of anilines is 1. The van der Waals surface area contributed by atoms with Crippen LogP contribution in [0.4, 0.5) is 5.69 Å². The molecular weight excluding hydrogens is 234 g/mol. The third kappa shape index (κ3) is 4.13. The third-order valence-corrected chi connectivity index (χ3v) is 2.96. The van der Waals surface area contributed by atoms with Crippen molar-refractivity contribution >= 4 is 29.1 Å². The molecule has 0 unspecified atom stereocenters. The lowest BCUT2D eigenvalue weighted by Crippen LogP contribution is -2.12. The van der Waals surface area contributed by atoms with E-state index in [-0.39, 0.29) is 10.6 Å². The van der Waals surface area contributed by atoms with Crippen LogP contribution in [0.5, 0.6) is 0 Å². The second-order valence-corrected chi connectivity index (χ2v) is 4.42. The van der Waals surface area contributed by atoms with Crippen LogP contribution in [-0.2, 0) is 0 Å². The maximum absolute atomic E-state index is 11.1. The van der Waals surface area contributed by atoms with Crippen molar-refractivity contribution in [2.24, 2.45) is 0 Å². The van der Waals surface area contributed by atoms with Crippen molar-refractivity contribution < 1.29 is 0 Å². The van der Waals surface area contributed by atoms with Crippen molar-refractivity contribution in [3.05, 3.63) is 21.6 Å². The average Bonchev–Trinajstić information content (AvgIpc) is 2.24. The standard InChI is InChI=1S/C9H14ClN3OS/c1-15-5-3-2-4-11-7-6-12-13-9(14)8(7)10/h6H,2-5H2,1H3,(H2,11,13,14). The molecule has 15 heavy (non-hydrogen) atoms. The van der Waals surface area contributed by atoms with Gasteiger partial charge in [-0.25, -0.2) is 5.10 Å². The van der Waals surface area contributed by atoms with Gasteiger partial charge < -0.3 is 5.32 Å². The molecule has 0 saturated heterocycles. The van der Waals surface area contributed by atoms with E-state index < -0.39 is 0 Å². The second kappa shape index (κ2) is 6.74. The normalized spacial score (nSPS) is 10.3. The summed E-state index contributed by atoms with van der Waals surface area (Å²) in [7, 11) is 0. The molecule has 84 valence electrons. The van der Waals surface area contributed by atoms with Crippen LogP contribution in [0.25, 0.3) is 0 Å².